The molecule has 80 valence electrons. The lowest BCUT2D eigenvalue weighted by molar-refractivity contribution is 0.628. The fourth-order valence-corrected chi connectivity index (χ4v) is 1.82. The average Bonchev–Trinajstić information content (AvgIpc) is 2.30. The van der Waals surface area contributed by atoms with Crippen LogP contribution in [0.15, 0.2) is 49.0 Å². The lowest BCUT2D eigenvalue weighted by Gasteiger charge is -2.05. The molecule has 0 fully saturated rings. The zero-order valence-electron chi connectivity index (χ0n) is 8.58. The summed E-state index contributed by atoms with van der Waals surface area (Å²) in [6.45, 7) is 3.68. The maximum Gasteiger partial charge on any atom is 0.123 e. The first-order chi connectivity index (χ1) is 7.70. The summed E-state index contributed by atoms with van der Waals surface area (Å²) in [7, 11) is 0. The van der Waals surface area contributed by atoms with E-state index in [9.17, 15) is 4.39 Å². The van der Waals surface area contributed by atoms with Crippen molar-refractivity contribution in [1.82, 2.24) is 0 Å². The van der Waals surface area contributed by atoms with E-state index in [2.05, 4.69) is 6.58 Å². The van der Waals surface area contributed by atoms with E-state index in [1.54, 1.807) is 18.2 Å². The van der Waals surface area contributed by atoms with Gasteiger partial charge < -0.3 is 0 Å². The summed E-state index contributed by atoms with van der Waals surface area (Å²) < 4.78 is 12.8. The minimum absolute atomic E-state index is 0.248. The van der Waals surface area contributed by atoms with Crippen LogP contribution in [0.2, 0.25) is 5.02 Å². The second-order valence-corrected chi connectivity index (χ2v) is 3.86. The van der Waals surface area contributed by atoms with Crippen LogP contribution < -0.4 is 0 Å². The Morgan fingerprint density at radius 3 is 2.31 bits per heavy atom. The van der Waals surface area contributed by atoms with Crippen LogP contribution in [0.4, 0.5) is 4.39 Å². The Labute approximate surface area is 99.0 Å². The molecule has 0 bridgehead atoms. The largest absolute Gasteiger partial charge is 0.207 e. The van der Waals surface area contributed by atoms with Crippen LogP contribution in [0.1, 0.15) is 5.56 Å². The normalized spacial score (nSPS) is 10.1. The lowest BCUT2D eigenvalue weighted by Crippen LogP contribution is -1.82. The molecule has 0 N–H and O–H groups in total. The third-order valence-corrected chi connectivity index (χ3v) is 2.70. The maximum absolute atomic E-state index is 12.8. The van der Waals surface area contributed by atoms with E-state index in [4.69, 9.17) is 11.6 Å². The molecule has 2 aromatic carbocycles. The van der Waals surface area contributed by atoms with E-state index >= 15 is 0 Å². The van der Waals surface area contributed by atoms with Crippen LogP contribution in [0, 0.1) is 5.82 Å². The first-order valence-corrected chi connectivity index (χ1v) is 5.26. The van der Waals surface area contributed by atoms with Gasteiger partial charge >= 0.3 is 0 Å². The fraction of sp³-hybridized carbons (Fsp3) is 0. The predicted octanol–water partition coefficient (Wildman–Crippen LogP) is 4.79. The van der Waals surface area contributed by atoms with Crippen LogP contribution in [-0.4, -0.2) is 0 Å². The summed E-state index contributed by atoms with van der Waals surface area (Å²) in [4.78, 5) is 0. The van der Waals surface area contributed by atoms with E-state index in [-0.39, 0.29) is 5.82 Å². The summed E-state index contributed by atoms with van der Waals surface area (Å²) in [5.41, 5.74) is 2.77. The van der Waals surface area contributed by atoms with E-state index < -0.39 is 0 Å². The van der Waals surface area contributed by atoms with Gasteiger partial charge in [0.25, 0.3) is 0 Å². The highest BCUT2D eigenvalue weighted by atomic mass is 35.5. The number of rotatable bonds is 2. The van der Waals surface area contributed by atoms with Gasteiger partial charge in [0.15, 0.2) is 0 Å². The molecule has 0 unspecified atom stereocenters. The van der Waals surface area contributed by atoms with Crippen molar-refractivity contribution in [2.45, 2.75) is 0 Å². The minimum atomic E-state index is -0.248. The van der Waals surface area contributed by atoms with Crippen molar-refractivity contribution in [3.05, 3.63) is 65.4 Å². The highest BCUT2D eigenvalue weighted by molar-refractivity contribution is 6.33. The van der Waals surface area contributed by atoms with Gasteiger partial charge in [-0.15, -0.1) is 0 Å². The Hall–Kier alpha value is -1.60. The van der Waals surface area contributed by atoms with Crippen molar-refractivity contribution in [1.29, 1.82) is 0 Å². The summed E-state index contributed by atoms with van der Waals surface area (Å²) in [5, 5.41) is 0.643. The van der Waals surface area contributed by atoms with Gasteiger partial charge in [0.05, 0.1) is 0 Å². The van der Waals surface area contributed by atoms with Crippen molar-refractivity contribution in [2.24, 2.45) is 0 Å². The molecule has 0 nitrogen and oxygen atoms in total. The zero-order chi connectivity index (χ0) is 11.5. The van der Waals surface area contributed by atoms with Crippen LogP contribution in [-0.2, 0) is 0 Å². The van der Waals surface area contributed by atoms with Crippen molar-refractivity contribution in [2.75, 3.05) is 0 Å². The molecule has 0 radical (unpaired) electrons. The summed E-state index contributed by atoms with van der Waals surface area (Å²) in [5.74, 6) is -0.248. The van der Waals surface area contributed by atoms with Gasteiger partial charge in [0.2, 0.25) is 0 Å². The maximum atomic E-state index is 12.8. The van der Waals surface area contributed by atoms with E-state index in [0.717, 1.165) is 16.7 Å². The Balaban J connectivity index is 2.48. The molecular weight excluding hydrogens is 223 g/mol. The number of halogens is 2. The molecule has 0 aliphatic rings. The zero-order valence-corrected chi connectivity index (χ0v) is 9.34. The second-order valence-electron chi connectivity index (χ2n) is 3.45. The average molecular weight is 233 g/mol. The van der Waals surface area contributed by atoms with Gasteiger partial charge in [0.1, 0.15) is 5.82 Å². The Bertz CT molecular complexity index is 515. The van der Waals surface area contributed by atoms with Crippen molar-refractivity contribution in [3.63, 3.8) is 0 Å². The predicted molar refractivity (Wildman–Crippen MR) is 66.9 cm³/mol. The molecule has 0 saturated heterocycles. The third-order valence-electron chi connectivity index (χ3n) is 2.38. The molecular formula is C14H10ClF. The van der Waals surface area contributed by atoms with Crippen LogP contribution in [0.3, 0.4) is 0 Å². The Morgan fingerprint density at radius 2 is 1.75 bits per heavy atom. The van der Waals surface area contributed by atoms with Crippen LogP contribution >= 0.6 is 11.6 Å². The topological polar surface area (TPSA) is 0 Å². The van der Waals surface area contributed by atoms with Crippen LogP contribution in [0.25, 0.3) is 17.2 Å². The molecule has 0 spiro atoms. The highest BCUT2D eigenvalue weighted by Gasteiger charge is 2.03. The van der Waals surface area contributed by atoms with Crippen molar-refractivity contribution >= 4 is 17.7 Å². The molecule has 16 heavy (non-hydrogen) atoms. The third kappa shape index (κ3) is 2.15. The first kappa shape index (κ1) is 10.9. The molecule has 0 aliphatic carbocycles. The van der Waals surface area contributed by atoms with E-state index in [1.165, 1.54) is 12.1 Å². The summed E-state index contributed by atoms with van der Waals surface area (Å²) >= 11 is 6.14. The standard InChI is InChI=1S/C14H10ClF/c1-2-10-3-8-13(14(15)9-10)11-4-6-12(16)7-5-11/h2-9H,1H2. The Kier molecular flexibility index (Phi) is 3.07. The van der Waals surface area contributed by atoms with Gasteiger partial charge in [0, 0.05) is 10.6 Å². The molecule has 0 aliphatic heterocycles. The van der Waals surface area contributed by atoms with Gasteiger partial charge in [-0.25, -0.2) is 4.39 Å². The molecule has 0 saturated carbocycles. The molecule has 0 atom stereocenters. The smallest absolute Gasteiger partial charge is 0.123 e. The summed E-state index contributed by atoms with van der Waals surface area (Å²) in [6.07, 6.45) is 1.74. The van der Waals surface area contributed by atoms with Crippen molar-refractivity contribution in [3.8, 4) is 11.1 Å². The summed E-state index contributed by atoms with van der Waals surface area (Å²) in [6, 6.07) is 12.0. The van der Waals surface area contributed by atoms with Crippen LogP contribution in [0.5, 0.6) is 0 Å². The quantitative estimate of drug-likeness (QED) is 0.699. The first-order valence-electron chi connectivity index (χ1n) is 4.88. The van der Waals surface area contributed by atoms with E-state index in [0.29, 0.717) is 5.02 Å². The number of hydrogen-bond donors (Lipinski definition) is 0. The van der Waals surface area contributed by atoms with Crippen molar-refractivity contribution < 1.29 is 4.39 Å². The molecule has 2 heteroatoms. The van der Waals surface area contributed by atoms with Gasteiger partial charge in [-0.05, 0) is 29.3 Å². The minimum Gasteiger partial charge on any atom is -0.207 e. The molecule has 2 aromatic rings. The van der Waals surface area contributed by atoms with Gasteiger partial charge in [-0.1, -0.05) is 48.5 Å². The fourth-order valence-electron chi connectivity index (χ4n) is 1.52. The SMILES string of the molecule is C=Cc1ccc(-c2ccc(F)cc2)c(Cl)c1. The second kappa shape index (κ2) is 4.50. The van der Waals surface area contributed by atoms with E-state index in [1.807, 2.05) is 18.2 Å². The molecule has 0 aromatic heterocycles. The Morgan fingerprint density at radius 1 is 1.06 bits per heavy atom. The monoisotopic (exact) mass is 232 g/mol. The van der Waals surface area contributed by atoms with Gasteiger partial charge in [-0.2, -0.15) is 0 Å². The molecule has 0 heterocycles. The molecule has 0 amide bonds. The molecule has 2 rings (SSSR count). The lowest BCUT2D eigenvalue weighted by atomic mass is 10.0. The van der Waals surface area contributed by atoms with Gasteiger partial charge in [-0.3, -0.25) is 0 Å². The highest BCUT2D eigenvalue weighted by Crippen LogP contribution is 2.29. The number of hydrogen-bond acceptors (Lipinski definition) is 0. The number of benzene rings is 2.